The summed E-state index contributed by atoms with van der Waals surface area (Å²) in [6, 6.07) is 51.5. The van der Waals surface area contributed by atoms with E-state index in [1.54, 1.807) is 6.08 Å². The van der Waals surface area contributed by atoms with Gasteiger partial charge in [-0.15, -0.1) is 0 Å². The number of nitrogens with one attached hydrogen (secondary N) is 1. The van der Waals surface area contributed by atoms with Crippen molar-refractivity contribution in [1.29, 1.82) is 0 Å². The van der Waals surface area contributed by atoms with E-state index in [4.69, 9.17) is 9.98 Å². The summed E-state index contributed by atoms with van der Waals surface area (Å²) in [6.07, 6.45) is -0.0424. The number of amidine groups is 2. The van der Waals surface area contributed by atoms with Crippen LogP contribution in [0.5, 0.6) is 0 Å². The van der Waals surface area contributed by atoms with Crippen LogP contribution in [0, 0.1) is 27.7 Å². The Morgan fingerprint density at radius 2 is 1.08 bits per heavy atom. The zero-order valence-corrected chi connectivity index (χ0v) is 35.3. The Morgan fingerprint density at radius 3 is 1.63 bits per heavy atom. The number of rotatable bonds is 5. The molecule has 0 amide bonds. The first-order valence-electron chi connectivity index (χ1n) is 21.1. The number of hydrogen-bond acceptors (Lipinski definition) is 3. The molecule has 0 spiro atoms. The average molecular weight is 829 g/mol. The molecular weight excluding hydrogens is 786 g/mol. The van der Waals surface area contributed by atoms with Crippen molar-refractivity contribution in [3.05, 3.63) is 219 Å². The molecule has 7 heteroatoms. The summed E-state index contributed by atoms with van der Waals surface area (Å²) in [6.45, 7) is 8.48. The van der Waals surface area contributed by atoms with E-state index < -0.39 is 11.7 Å². The summed E-state index contributed by atoms with van der Waals surface area (Å²) < 4.78 is 46.8. The molecule has 0 radical (unpaired) electrons. The maximum absolute atomic E-state index is 14.9. The summed E-state index contributed by atoms with van der Waals surface area (Å²) in [7, 11) is 0. The lowest BCUT2D eigenvalue weighted by Gasteiger charge is -2.20. The molecule has 0 fully saturated rings. The van der Waals surface area contributed by atoms with Gasteiger partial charge in [0.25, 0.3) is 0 Å². The first-order valence-corrected chi connectivity index (χ1v) is 21.1. The Labute approximate surface area is 364 Å². The van der Waals surface area contributed by atoms with Gasteiger partial charge in [0.05, 0.1) is 16.6 Å². The number of aliphatic imine (C=N–C) groups is 2. The van der Waals surface area contributed by atoms with Gasteiger partial charge in [-0.25, -0.2) is 9.98 Å². The fourth-order valence-corrected chi connectivity index (χ4v) is 9.14. The number of benzene rings is 7. The second-order valence-electron chi connectivity index (χ2n) is 16.6. The van der Waals surface area contributed by atoms with Gasteiger partial charge >= 0.3 is 6.18 Å². The van der Waals surface area contributed by atoms with Crippen LogP contribution in [0.4, 0.5) is 13.2 Å². The minimum Gasteiger partial charge on any atom is -0.324 e. The van der Waals surface area contributed by atoms with E-state index in [0.717, 1.165) is 60.9 Å². The van der Waals surface area contributed by atoms with E-state index in [0.29, 0.717) is 27.9 Å². The lowest BCUT2D eigenvalue weighted by Crippen LogP contribution is -2.39. The number of alkyl halides is 3. The van der Waals surface area contributed by atoms with Gasteiger partial charge in [0.2, 0.25) is 0 Å². The van der Waals surface area contributed by atoms with Crippen LogP contribution in [0.15, 0.2) is 185 Å². The molecule has 0 bridgehead atoms. The topological polar surface area (TPSA) is 41.7 Å². The average Bonchev–Trinajstić information content (AvgIpc) is 3.61. The van der Waals surface area contributed by atoms with E-state index in [2.05, 4.69) is 110 Å². The van der Waals surface area contributed by atoms with Crippen LogP contribution in [-0.4, -0.2) is 22.4 Å². The quantitative estimate of drug-likeness (QED) is 0.184. The van der Waals surface area contributed by atoms with Gasteiger partial charge in [-0.05, 0) is 104 Å². The maximum Gasteiger partial charge on any atom is 0.416 e. The number of allylic oxidation sites excluding steroid dienone is 4. The summed E-state index contributed by atoms with van der Waals surface area (Å²) in [4.78, 5) is 10.1. The van der Waals surface area contributed by atoms with Crippen LogP contribution in [0.25, 0.3) is 61.1 Å². The molecule has 0 saturated carbocycles. The van der Waals surface area contributed by atoms with E-state index >= 15 is 0 Å². The van der Waals surface area contributed by atoms with E-state index in [1.165, 1.54) is 34.4 Å². The molecular formula is C56H43F3N4. The number of fused-ring (bicyclic) bond motifs is 3. The van der Waals surface area contributed by atoms with Crippen molar-refractivity contribution < 1.29 is 13.2 Å². The van der Waals surface area contributed by atoms with Crippen LogP contribution < -0.4 is 15.8 Å². The molecule has 2 aliphatic rings. The Bertz CT molecular complexity index is 3250. The van der Waals surface area contributed by atoms with Gasteiger partial charge in [-0.2, -0.15) is 13.2 Å². The molecule has 2 heterocycles. The lowest BCUT2D eigenvalue weighted by molar-refractivity contribution is -0.0874. The SMILES string of the molecule is Cc1cc(C)cc(-c2ccc3c(c2)c2cc(-c4cc(C)cc(C)c4)ccc2n3-c2ccc(=C3CC=CC=C3C(F)(F)F)c(=C3N=C(c4ccccc4)N=C(c4ccccc4)N3)c2)c1. The zero-order valence-electron chi connectivity index (χ0n) is 35.3. The third-order valence-corrected chi connectivity index (χ3v) is 11.8. The Morgan fingerprint density at radius 1 is 0.524 bits per heavy atom. The third-order valence-electron chi connectivity index (χ3n) is 11.8. The van der Waals surface area contributed by atoms with Crippen molar-refractivity contribution in [1.82, 2.24) is 9.88 Å². The first kappa shape index (κ1) is 39.6. The highest BCUT2D eigenvalue weighted by Crippen LogP contribution is 2.38. The van der Waals surface area contributed by atoms with Gasteiger partial charge in [-0.1, -0.05) is 156 Å². The maximum atomic E-state index is 14.9. The van der Waals surface area contributed by atoms with Gasteiger partial charge in [0, 0.05) is 32.8 Å². The Hall–Kier alpha value is -7.51. The van der Waals surface area contributed by atoms with E-state index in [-0.39, 0.29) is 12.0 Å². The number of nitrogens with zero attached hydrogens (tertiary/aromatic N) is 3. The van der Waals surface area contributed by atoms with E-state index in [9.17, 15) is 13.2 Å². The first-order chi connectivity index (χ1) is 30.5. The molecule has 0 atom stereocenters. The second-order valence-corrected chi connectivity index (χ2v) is 16.6. The number of halogens is 3. The molecule has 1 aliphatic carbocycles. The molecule has 63 heavy (non-hydrogen) atoms. The molecule has 1 aromatic heterocycles. The molecule has 0 saturated heterocycles. The Balaban J connectivity index is 1.28. The lowest BCUT2D eigenvalue weighted by atomic mass is 9.94. The predicted octanol–water partition coefficient (Wildman–Crippen LogP) is 12.5. The number of aryl methyl sites for hydroxylation is 4. The highest BCUT2D eigenvalue weighted by Gasteiger charge is 2.36. The molecule has 7 aromatic carbocycles. The van der Waals surface area contributed by atoms with Crippen molar-refractivity contribution in [3.8, 4) is 27.9 Å². The van der Waals surface area contributed by atoms with Crippen LogP contribution in [0.1, 0.15) is 39.8 Å². The van der Waals surface area contributed by atoms with Crippen molar-refractivity contribution in [2.45, 2.75) is 40.3 Å². The van der Waals surface area contributed by atoms with Gasteiger partial charge in [0.15, 0.2) is 5.84 Å². The van der Waals surface area contributed by atoms with Crippen LogP contribution >= 0.6 is 0 Å². The van der Waals surface area contributed by atoms with Crippen LogP contribution in [-0.2, 0) is 0 Å². The zero-order chi connectivity index (χ0) is 43.4. The van der Waals surface area contributed by atoms with Crippen molar-refractivity contribution in [3.63, 3.8) is 0 Å². The summed E-state index contributed by atoms with van der Waals surface area (Å²) >= 11 is 0. The highest BCUT2D eigenvalue weighted by atomic mass is 19.4. The van der Waals surface area contributed by atoms with E-state index in [1.807, 2.05) is 78.9 Å². The van der Waals surface area contributed by atoms with Crippen molar-refractivity contribution >= 4 is 44.9 Å². The number of hydrogen-bond donors (Lipinski definition) is 1. The molecule has 308 valence electrons. The standard InChI is InChI=1S/C56H43F3N4/c1-34-25-35(2)28-42(27-34)40-19-23-51-47(31-40)48-32-41(43-29-36(3)26-37(4)30-43)20-24-52(48)63(51)44-21-22-45(46-17-11-12-18-50(46)56(57,58)59)49(33-44)55-61-53(38-13-7-5-8-14-38)60-54(62-55)39-15-9-6-10-16-39/h5-16,18-33H,17H2,1-4H3,(H,60,61,62). The highest BCUT2D eigenvalue weighted by molar-refractivity contribution is 6.16. The van der Waals surface area contributed by atoms with Crippen molar-refractivity contribution in [2.75, 3.05) is 0 Å². The van der Waals surface area contributed by atoms with Crippen molar-refractivity contribution in [2.24, 2.45) is 9.98 Å². The smallest absolute Gasteiger partial charge is 0.324 e. The monoisotopic (exact) mass is 828 g/mol. The second kappa shape index (κ2) is 15.8. The number of aromatic nitrogens is 1. The molecule has 0 unspecified atom stereocenters. The summed E-state index contributed by atoms with van der Waals surface area (Å²) in [5.41, 5.74) is 13.1. The van der Waals surface area contributed by atoms with Crippen LogP contribution in [0.2, 0.25) is 0 Å². The largest absolute Gasteiger partial charge is 0.416 e. The van der Waals surface area contributed by atoms with Gasteiger partial charge in [-0.3, -0.25) is 0 Å². The minimum absolute atomic E-state index is 0.109. The summed E-state index contributed by atoms with van der Waals surface area (Å²) in [5.74, 6) is 1.40. The normalized spacial score (nSPS) is 15.9. The molecule has 1 aliphatic heterocycles. The predicted molar refractivity (Wildman–Crippen MR) is 254 cm³/mol. The third kappa shape index (κ3) is 7.61. The molecule has 8 aromatic rings. The molecule has 1 N–H and O–H groups in total. The van der Waals surface area contributed by atoms with Gasteiger partial charge < -0.3 is 9.88 Å². The molecule has 10 rings (SSSR count). The van der Waals surface area contributed by atoms with Gasteiger partial charge in [0.1, 0.15) is 11.7 Å². The summed E-state index contributed by atoms with van der Waals surface area (Å²) in [5, 5.41) is 6.58. The van der Waals surface area contributed by atoms with Crippen LogP contribution in [0.3, 0.4) is 0 Å². The molecule has 4 nitrogen and oxygen atoms in total. The fourth-order valence-electron chi connectivity index (χ4n) is 9.14. The minimum atomic E-state index is -4.57. The Kier molecular flexibility index (Phi) is 9.90. The fraction of sp³-hybridized carbons (Fsp3) is 0.107.